The fourth-order valence-electron chi connectivity index (χ4n) is 2.40. The molecule has 0 unspecified atom stereocenters. The van der Waals surface area contributed by atoms with E-state index in [0.717, 1.165) is 17.7 Å². The quantitative estimate of drug-likeness (QED) is 0.552. The Morgan fingerprint density at radius 2 is 1.88 bits per heavy atom. The Morgan fingerprint density at radius 3 is 2.50 bits per heavy atom. The SMILES string of the molecule is CC1(C)O[C@H](Sc2ccccc2)[C@@H](CCCOC(=O)C(C)(C)C)O1. The molecular formula is C19H28O4S. The minimum Gasteiger partial charge on any atom is -0.465 e. The summed E-state index contributed by atoms with van der Waals surface area (Å²) in [7, 11) is 0. The number of hydrogen-bond donors (Lipinski definition) is 0. The number of thioether (sulfide) groups is 1. The molecule has 0 aliphatic carbocycles. The van der Waals surface area contributed by atoms with Crippen LogP contribution in [-0.4, -0.2) is 29.9 Å². The van der Waals surface area contributed by atoms with Crippen LogP contribution in [0, 0.1) is 5.41 Å². The highest BCUT2D eigenvalue weighted by atomic mass is 32.2. The molecule has 0 aromatic heterocycles. The first-order valence-corrected chi connectivity index (χ1v) is 9.30. The van der Waals surface area contributed by atoms with E-state index in [2.05, 4.69) is 12.1 Å². The molecule has 1 saturated heterocycles. The van der Waals surface area contributed by atoms with Crippen molar-refractivity contribution in [1.82, 2.24) is 0 Å². The molecule has 2 rings (SSSR count). The first-order chi connectivity index (χ1) is 11.2. The topological polar surface area (TPSA) is 44.8 Å². The highest BCUT2D eigenvalue weighted by Crippen LogP contribution is 2.39. The van der Waals surface area contributed by atoms with Crippen LogP contribution in [0.4, 0.5) is 0 Å². The van der Waals surface area contributed by atoms with Gasteiger partial charge in [-0.15, -0.1) is 0 Å². The minimum atomic E-state index is -0.584. The summed E-state index contributed by atoms with van der Waals surface area (Å²) in [5, 5.41) is 0. The van der Waals surface area contributed by atoms with Gasteiger partial charge in [0.2, 0.25) is 0 Å². The van der Waals surface area contributed by atoms with Crippen LogP contribution in [0.1, 0.15) is 47.5 Å². The van der Waals surface area contributed by atoms with Crippen LogP contribution in [-0.2, 0) is 19.0 Å². The molecule has 1 aliphatic rings. The van der Waals surface area contributed by atoms with Gasteiger partial charge in [0.25, 0.3) is 0 Å². The Hall–Kier alpha value is -1.04. The summed E-state index contributed by atoms with van der Waals surface area (Å²) in [5.41, 5.74) is -0.513. The highest BCUT2D eigenvalue weighted by Gasteiger charge is 2.41. The summed E-state index contributed by atoms with van der Waals surface area (Å²) in [6, 6.07) is 10.2. The average Bonchev–Trinajstić information content (AvgIpc) is 2.77. The van der Waals surface area contributed by atoms with Gasteiger partial charge in [0.1, 0.15) is 5.44 Å². The molecule has 134 valence electrons. The van der Waals surface area contributed by atoms with Gasteiger partial charge in [-0.25, -0.2) is 0 Å². The summed E-state index contributed by atoms with van der Waals surface area (Å²) in [6.07, 6.45) is 1.54. The van der Waals surface area contributed by atoms with E-state index in [0.29, 0.717) is 6.61 Å². The third-order valence-electron chi connectivity index (χ3n) is 3.61. The third kappa shape index (κ3) is 5.80. The van der Waals surface area contributed by atoms with Gasteiger partial charge >= 0.3 is 5.97 Å². The molecule has 0 spiro atoms. The van der Waals surface area contributed by atoms with Crippen LogP contribution in [0.15, 0.2) is 35.2 Å². The lowest BCUT2D eigenvalue weighted by atomic mass is 9.97. The Balaban J connectivity index is 1.84. The normalized spacial score (nSPS) is 23.2. The molecular weight excluding hydrogens is 324 g/mol. The molecule has 0 amide bonds. The maximum absolute atomic E-state index is 11.8. The van der Waals surface area contributed by atoms with Crippen molar-refractivity contribution in [3.63, 3.8) is 0 Å². The predicted octanol–water partition coefficient (Wildman–Crippen LogP) is 4.63. The van der Waals surface area contributed by atoms with Crippen molar-refractivity contribution in [3.8, 4) is 0 Å². The molecule has 0 saturated carbocycles. The van der Waals surface area contributed by atoms with Gasteiger partial charge in [0.05, 0.1) is 18.1 Å². The molecule has 4 nitrogen and oxygen atoms in total. The molecule has 1 aromatic carbocycles. The molecule has 1 aromatic rings. The summed E-state index contributed by atoms with van der Waals surface area (Å²) in [6.45, 7) is 9.87. The van der Waals surface area contributed by atoms with E-state index in [4.69, 9.17) is 14.2 Å². The van der Waals surface area contributed by atoms with Crippen molar-refractivity contribution < 1.29 is 19.0 Å². The van der Waals surface area contributed by atoms with Gasteiger partial charge in [-0.3, -0.25) is 4.79 Å². The molecule has 0 radical (unpaired) electrons. The Kier molecular flexibility index (Phi) is 6.34. The summed E-state index contributed by atoms with van der Waals surface area (Å²) >= 11 is 1.68. The lowest BCUT2D eigenvalue weighted by Crippen LogP contribution is -2.24. The maximum atomic E-state index is 11.8. The molecule has 5 heteroatoms. The Bertz CT molecular complexity index is 536. The second kappa shape index (κ2) is 7.89. The molecule has 0 N–H and O–H groups in total. The van der Waals surface area contributed by atoms with E-state index >= 15 is 0 Å². The monoisotopic (exact) mass is 352 g/mol. The molecule has 1 aliphatic heterocycles. The fourth-order valence-corrected chi connectivity index (χ4v) is 3.60. The first-order valence-electron chi connectivity index (χ1n) is 8.42. The van der Waals surface area contributed by atoms with Gasteiger partial charge in [-0.05, 0) is 59.6 Å². The fraction of sp³-hybridized carbons (Fsp3) is 0.632. The van der Waals surface area contributed by atoms with Crippen LogP contribution in [0.5, 0.6) is 0 Å². The molecule has 0 bridgehead atoms. The molecule has 1 fully saturated rings. The van der Waals surface area contributed by atoms with Gasteiger partial charge in [-0.2, -0.15) is 0 Å². The number of carbonyl (C=O) groups is 1. The molecule has 24 heavy (non-hydrogen) atoms. The number of carbonyl (C=O) groups excluding carboxylic acids is 1. The standard InChI is InChI=1S/C19H28O4S/c1-18(2,3)17(20)21-13-9-12-15-16(23-19(4,5)22-15)24-14-10-7-6-8-11-14/h6-8,10-11,15-16H,9,12-13H2,1-5H3/t15-,16-/m1/s1. The zero-order chi connectivity index (χ0) is 17.8. The van der Waals surface area contributed by atoms with Crippen molar-refractivity contribution in [2.24, 2.45) is 5.41 Å². The number of ether oxygens (including phenoxy) is 3. The number of hydrogen-bond acceptors (Lipinski definition) is 5. The van der Waals surface area contributed by atoms with Gasteiger partial charge in [0, 0.05) is 4.90 Å². The lowest BCUT2D eigenvalue weighted by Gasteiger charge is -2.18. The van der Waals surface area contributed by atoms with Crippen molar-refractivity contribution in [2.45, 2.75) is 69.7 Å². The number of benzene rings is 1. The van der Waals surface area contributed by atoms with E-state index in [9.17, 15) is 4.79 Å². The largest absolute Gasteiger partial charge is 0.465 e. The summed E-state index contributed by atoms with van der Waals surface area (Å²) < 4.78 is 17.4. The second-order valence-corrected chi connectivity index (χ2v) is 8.67. The minimum absolute atomic E-state index is 0.0152. The van der Waals surface area contributed by atoms with E-state index < -0.39 is 11.2 Å². The smallest absolute Gasteiger partial charge is 0.311 e. The molecule has 2 atom stereocenters. The van der Waals surface area contributed by atoms with Gasteiger partial charge in [0.15, 0.2) is 5.79 Å². The Morgan fingerprint density at radius 1 is 1.21 bits per heavy atom. The van der Waals surface area contributed by atoms with E-state index in [1.54, 1.807) is 11.8 Å². The third-order valence-corrected chi connectivity index (χ3v) is 4.79. The van der Waals surface area contributed by atoms with Crippen molar-refractivity contribution >= 4 is 17.7 Å². The lowest BCUT2D eigenvalue weighted by molar-refractivity contribution is -0.154. The zero-order valence-corrected chi connectivity index (χ0v) is 16.0. The predicted molar refractivity (Wildman–Crippen MR) is 95.8 cm³/mol. The summed E-state index contributed by atoms with van der Waals surface area (Å²) in [5.74, 6) is -0.749. The number of rotatable bonds is 6. The average molecular weight is 352 g/mol. The highest BCUT2D eigenvalue weighted by molar-refractivity contribution is 7.99. The molecule has 1 heterocycles. The van der Waals surface area contributed by atoms with Gasteiger partial charge < -0.3 is 14.2 Å². The summed E-state index contributed by atoms with van der Waals surface area (Å²) in [4.78, 5) is 12.9. The van der Waals surface area contributed by atoms with Crippen molar-refractivity contribution in [2.75, 3.05) is 6.61 Å². The Labute approximate surface area is 149 Å². The maximum Gasteiger partial charge on any atom is 0.311 e. The van der Waals surface area contributed by atoms with Crippen LogP contribution in [0.3, 0.4) is 0 Å². The van der Waals surface area contributed by atoms with Crippen LogP contribution >= 0.6 is 11.8 Å². The van der Waals surface area contributed by atoms with Crippen molar-refractivity contribution in [1.29, 1.82) is 0 Å². The second-order valence-electron chi connectivity index (χ2n) is 7.50. The van der Waals surface area contributed by atoms with Crippen LogP contribution in [0.2, 0.25) is 0 Å². The van der Waals surface area contributed by atoms with Crippen LogP contribution < -0.4 is 0 Å². The van der Waals surface area contributed by atoms with Crippen LogP contribution in [0.25, 0.3) is 0 Å². The first kappa shape index (κ1) is 19.3. The van der Waals surface area contributed by atoms with E-state index in [1.807, 2.05) is 52.8 Å². The zero-order valence-electron chi connectivity index (χ0n) is 15.2. The number of esters is 1. The van der Waals surface area contributed by atoms with E-state index in [1.165, 1.54) is 0 Å². The van der Waals surface area contributed by atoms with Crippen molar-refractivity contribution in [3.05, 3.63) is 30.3 Å². The van der Waals surface area contributed by atoms with E-state index in [-0.39, 0.29) is 17.5 Å². The van der Waals surface area contributed by atoms with Gasteiger partial charge in [-0.1, -0.05) is 30.0 Å².